The number of thiophene rings is 1. The van der Waals surface area contributed by atoms with Gasteiger partial charge in [-0.05, 0) is 68.5 Å². The van der Waals surface area contributed by atoms with Gasteiger partial charge in [0.25, 0.3) is 11.5 Å². The van der Waals surface area contributed by atoms with Crippen molar-refractivity contribution in [2.45, 2.75) is 4.21 Å². The lowest BCUT2D eigenvalue weighted by atomic mass is 10.1. The average Bonchev–Trinajstić information content (AvgIpc) is 3.32. The Morgan fingerprint density at radius 1 is 1.11 bits per heavy atom. The predicted octanol–water partition coefficient (Wildman–Crippen LogP) is 3.75. The van der Waals surface area contributed by atoms with E-state index >= 15 is 0 Å². The maximum absolute atomic E-state index is 13.3. The lowest BCUT2D eigenvalue weighted by molar-refractivity contribution is 0.0952. The molecule has 1 aromatic carbocycles. The molecule has 3 aromatic heterocycles. The summed E-state index contributed by atoms with van der Waals surface area (Å²) in [6.45, 7) is 1.11. The maximum Gasteiger partial charge on any atom is 0.329 e. The number of likely N-dealkylation sites (N-methyl/N-ethyl adjacent to an activating group) is 1. The van der Waals surface area contributed by atoms with Crippen LogP contribution in [0.3, 0.4) is 0 Å². The van der Waals surface area contributed by atoms with E-state index in [2.05, 4.69) is 25.7 Å². The molecule has 198 valence electrons. The fourth-order valence-electron chi connectivity index (χ4n) is 3.54. The summed E-state index contributed by atoms with van der Waals surface area (Å²) >= 11 is 1.91. The molecule has 0 fully saturated rings. The topological polar surface area (TPSA) is 120 Å². The van der Waals surface area contributed by atoms with Crippen LogP contribution in [0.15, 0.2) is 63.9 Å². The van der Waals surface area contributed by atoms with Crippen LogP contribution in [-0.2, 0) is 0 Å². The summed E-state index contributed by atoms with van der Waals surface area (Å²) in [4.78, 5) is 44.9. The number of rotatable bonds is 9. The highest BCUT2D eigenvalue weighted by molar-refractivity contribution is 7.99. The van der Waals surface area contributed by atoms with Gasteiger partial charge in [0.1, 0.15) is 5.82 Å². The maximum atomic E-state index is 13.3. The van der Waals surface area contributed by atoms with Crippen molar-refractivity contribution < 1.29 is 14.0 Å². The molecule has 0 saturated heterocycles. The van der Waals surface area contributed by atoms with Crippen LogP contribution in [0.4, 0.5) is 20.6 Å². The van der Waals surface area contributed by atoms with Gasteiger partial charge in [-0.3, -0.25) is 18.9 Å². The number of anilines is 2. The van der Waals surface area contributed by atoms with E-state index in [4.69, 9.17) is 0 Å². The Kier molecular flexibility index (Phi) is 8.61. The van der Waals surface area contributed by atoms with E-state index in [1.807, 2.05) is 19.0 Å². The first kappa shape index (κ1) is 27.1. The van der Waals surface area contributed by atoms with Crippen molar-refractivity contribution in [1.82, 2.24) is 24.5 Å². The molecule has 0 radical (unpaired) electrons. The second-order valence-corrected chi connectivity index (χ2v) is 10.5. The first-order valence-electron chi connectivity index (χ1n) is 11.5. The third kappa shape index (κ3) is 6.49. The highest BCUT2D eigenvalue weighted by atomic mass is 32.2. The second kappa shape index (κ2) is 12.1. The van der Waals surface area contributed by atoms with Crippen LogP contribution in [-0.4, -0.2) is 60.6 Å². The van der Waals surface area contributed by atoms with Gasteiger partial charge in [0.15, 0.2) is 5.13 Å². The minimum atomic E-state index is -0.516. The molecule has 3 heterocycles. The van der Waals surface area contributed by atoms with Gasteiger partial charge in [0.05, 0.1) is 21.7 Å². The number of nitrogens with one attached hydrogen (secondary N) is 4. The van der Waals surface area contributed by atoms with E-state index in [1.54, 1.807) is 43.4 Å². The van der Waals surface area contributed by atoms with E-state index in [0.717, 1.165) is 29.0 Å². The van der Waals surface area contributed by atoms with Crippen molar-refractivity contribution in [3.05, 3.63) is 75.9 Å². The number of amides is 3. The SMILES string of the molecule is CNc1ccc2c(=O)n(-c3ccc(NC(=O)NSc4ccc(F)s4)cn3)cc(C(=O)NCCN(C)C)c2c1. The number of pyridine rings is 2. The number of carbonyl (C=O) groups is 2. The van der Waals surface area contributed by atoms with Crippen LogP contribution in [0.2, 0.25) is 0 Å². The fourth-order valence-corrected chi connectivity index (χ4v) is 4.92. The van der Waals surface area contributed by atoms with E-state index in [1.165, 1.54) is 23.0 Å². The van der Waals surface area contributed by atoms with Gasteiger partial charge in [-0.1, -0.05) is 11.3 Å². The number of hydrogen-bond donors (Lipinski definition) is 4. The van der Waals surface area contributed by atoms with Crippen LogP contribution in [0, 0.1) is 5.13 Å². The fraction of sp³-hybridized carbons (Fsp3) is 0.200. The lowest BCUT2D eigenvalue weighted by Gasteiger charge is -2.15. The molecule has 13 heteroatoms. The normalized spacial score (nSPS) is 11.0. The molecule has 38 heavy (non-hydrogen) atoms. The zero-order valence-electron chi connectivity index (χ0n) is 20.9. The summed E-state index contributed by atoms with van der Waals surface area (Å²) in [5, 5.41) is 9.12. The van der Waals surface area contributed by atoms with E-state index in [9.17, 15) is 18.8 Å². The number of urea groups is 1. The Labute approximate surface area is 226 Å². The molecule has 0 aliphatic carbocycles. The Morgan fingerprint density at radius 2 is 1.89 bits per heavy atom. The summed E-state index contributed by atoms with van der Waals surface area (Å²) in [5.41, 5.74) is 1.16. The summed E-state index contributed by atoms with van der Waals surface area (Å²) in [7, 11) is 5.59. The molecule has 0 bridgehead atoms. The number of halogens is 1. The molecule has 0 aliphatic rings. The Morgan fingerprint density at radius 3 is 2.55 bits per heavy atom. The Bertz CT molecular complexity index is 1520. The molecule has 0 saturated carbocycles. The standard InChI is InChI=1S/C25H26FN7O3S2/c1-27-15-4-6-17-18(12-15)19(23(34)28-10-11-32(2)3)14-33(24(17)35)21-8-5-16(13-29-21)30-25(36)31-38-22-9-7-20(26)37-22/h4-9,12-14,27H,10-11H2,1-3H3,(H,28,34)(H2,30,31,36). The second-order valence-electron chi connectivity index (χ2n) is 8.41. The van der Waals surface area contributed by atoms with Crippen LogP contribution in [0.25, 0.3) is 16.6 Å². The number of nitrogens with zero attached hydrogens (tertiary/aromatic N) is 3. The van der Waals surface area contributed by atoms with Crippen LogP contribution in [0.5, 0.6) is 0 Å². The first-order valence-corrected chi connectivity index (χ1v) is 13.1. The predicted molar refractivity (Wildman–Crippen MR) is 150 cm³/mol. The quantitative estimate of drug-likeness (QED) is 0.232. The molecular weight excluding hydrogens is 529 g/mol. The van der Waals surface area contributed by atoms with Crippen molar-refractivity contribution >= 4 is 57.4 Å². The van der Waals surface area contributed by atoms with E-state index in [0.29, 0.717) is 39.3 Å². The molecule has 3 amide bonds. The van der Waals surface area contributed by atoms with Gasteiger partial charge in [0.2, 0.25) is 0 Å². The number of fused-ring (bicyclic) bond motifs is 1. The summed E-state index contributed by atoms with van der Waals surface area (Å²) in [6, 6.07) is 10.7. The van der Waals surface area contributed by atoms with E-state index < -0.39 is 6.03 Å². The average molecular weight is 556 g/mol. The molecule has 0 spiro atoms. The molecule has 0 aliphatic heterocycles. The smallest absolute Gasteiger partial charge is 0.329 e. The zero-order valence-corrected chi connectivity index (χ0v) is 22.5. The summed E-state index contributed by atoms with van der Waals surface area (Å²) in [5.74, 6) is -0.0248. The number of aromatic nitrogens is 2. The minimum absolute atomic E-state index is 0.284. The lowest BCUT2D eigenvalue weighted by Crippen LogP contribution is -2.32. The van der Waals surface area contributed by atoms with Gasteiger partial charge in [-0.15, -0.1) is 0 Å². The largest absolute Gasteiger partial charge is 0.388 e. The van der Waals surface area contributed by atoms with Crippen molar-refractivity contribution in [3.8, 4) is 5.82 Å². The highest BCUT2D eigenvalue weighted by Crippen LogP contribution is 2.24. The Hall–Kier alpha value is -3.94. The first-order chi connectivity index (χ1) is 18.2. The van der Waals surface area contributed by atoms with Gasteiger partial charge in [-0.2, -0.15) is 4.39 Å². The number of carbonyl (C=O) groups excluding carboxylic acids is 2. The molecule has 10 nitrogen and oxygen atoms in total. The zero-order chi connectivity index (χ0) is 27.2. The summed E-state index contributed by atoms with van der Waals surface area (Å²) in [6.07, 6.45) is 2.88. The van der Waals surface area contributed by atoms with Crippen molar-refractivity contribution in [2.75, 3.05) is 44.9 Å². The summed E-state index contributed by atoms with van der Waals surface area (Å²) < 4.78 is 17.6. The van der Waals surface area contributed by atoms with Crippen LogP contribution < -0.4 is 26.2 Å². The molecule has 4 N–H and O–H groups in total. The van der Waals surface area contributed by atoms with Crippen molar-refractivity contribution in [3.63, 3.8) is 0 Å². The van der Waals surface area contributed by atoms with Crippen LogP contribution in [0.1, 0.15) is 10.4 Å². The Balaban J connectivity index is 1.58. The highest BCUT2D eigenvalue weighted by Gasteiger charge is 2.17. The van der Waals surface area contributed by atoms with Crippen molar-refractivity contribution in [2.24, 2.45) is 0 Å². The third-order valence-corrected chi connectivity index (χ3v) is 7.23. The molecule has 0 unspecified atom stereocenters. The molecule has 4 rings (SSSR count). The molecule has 4 aromatic rings. The van der Waals surface area contributed by atoms with Gasteiger partial charge in [0, 0.05) is 42.8 Å². The van der Waals surface area contributed by atoms with Gasteiger partial charge < -0.3 is 20.9 Å². The molecule has 0 atom stereocenters. The number of benzene rings is 1. The minimum Gasteiger partial charge on any atom is -0.388 e. The van der Waals surface area contributed by atoms with Gasteiger partial charge in [-0.25, -0.2) is 9.78 Å². The number of hydrogen-bond acceptors (Lipinski definition) is 8. The van der Waals surface area contributed by atoms with Crippen molar-refractivity contribution in [1.29, 1.82) is 0 Å². The van der Waals surface area contributed by atoms with E-state index in [-0.39, 0.29) is 22.4 Å². The monoisotopic (exact) mass is 555 g/mol. The molecular formula is C25H26FN7O3S2. The van der Waals surface area contributed by atoms with Gasteiger partial charge >= 0.3 is 6.03 Å². The third-order valence-electron chi connectivity index (χ3n) is 5.44. The van der Waals surface area contributed by atoms with Crippen LogP contribution >= 0.6 is 23.3 Å².